The number of aryl methyl sites for hydroxylation is 1. The second-order valence-corrected chi connectivity index (χ2v) is 5.41. The minimum atomic E-state index is -0.876. The number of carbonyl (C=O) groups excluding carboxylic acids is 1. The Labute approximate surface area is 127 Å². The van der Waals surface area contributed by atoms with Gasteiger partial charge in [0.05, 0.1) is 5.69 Å². The van der Waals surface area contributed by atoms with E-state index >= 15 is 0 Å². The van der Waals surface area contributed by atoms with Crippen LogP contribution in [0.3, 0.4) is 0 Å². The molecule has 2 heterocycles. The molecule has 3 N–H and O–H groups in total. The molecule has 22 heavy (non-hydrogen) atoms. The summed E-state index contributed by atoms with van der Waals surface area (Å²) in [6.45, 7) is 2.82. The number of ether oxygens (including phenoxy) is 1. The molecule has 1 fully saturated rings. The van der Waals surface area contributed by atoms with Gasteiger partial charge in [-0.3, -0.25) is 4.79 Å². The lowest BCUT2D eigenvalue weighted by molar-refractivity contribution is -0.124. The zero-order chi connectivity index (χ0) is 15.6. The topological polar surface area (TPSA) is 108 Å². The molecule has 1 aliphatic rings. The molecule has 1 aromatic carbocycles. The zero-order valence-electron chi connectivity index (χ0n) is 12.3. The Bertz CT molecular complexity index is 677. The highest BCUT2D eigenvalue weighted by Gasteiger charge is 2.35. The summed E-state index contributed by atoms with van der Waals surface area (Å²) in [5.41, 5.74) is 6.74. The van der Waals surface area contributed by atoms with E-state index < -0.39 is 5.54 Å². The van der Waals surface area contributed by atoms with Crippen molar-refractivity contribution < 1.29 is 9.53 Å². The fourth-order valence-corrected chi connectivity index (χ4v) is 2.40. The van der Waals surface area contributed by atoms with Crippen molar-refractivity contribution >= 4 is 11.6 Å². The van der Waals surface area contributed by atoms with Gasteiger partial charge < -0.3 is 15.8 Å². The highest BCUT2D eigenvalue weighted by atomic mass is 16.5. The van der Waals surface area contributed by atoms with Crippen LogP contribution in [0.15, 0.2) is 24.3 Å². The van der Waals surface area contributed by atoms with E-state index in [9.17, 15) is 4.79 Å². The lowest BCUT2D eigenvalue weighted by Crippen LogP contribution is -2.54. The van der Waals surface area contributed by atoms with Gasteiger partial charge in [-0.15, -0.1) is 5.10 Å². The van der Waals surface area contributed by atoms with E-state index in [-0.39, 0.29) is 5.91 Å². The van der Waals surface area contributed by atoms with Crippen molar-refractivity contribution in [3.05, 3.63) is 30.1 Å². The predicted octanol–water partition coefficient (Wildman–Crippen LogP) is 0.417. The average Bonchev–Trinajstić information content (AvgIpc) is 2.94. The average molecular weight is 302 g/mol. The van der Waals surface area contributed by atoms with Gasteiger partial charge in [-0.25, -0.2) is 0 Å². The van der Waals surface area contributed by atoms with E-state index in [1.54, 1.807) is 4.68 Å². The van der Waals surface area contributed by atoms with Gasteiger partial charge in [-0.05, 0) is 48.4 Å². The fraction of sp³-hybridized carbons (Fsp3) is 0.429. The van der Waals surface area contributed by atoms with Crippen molar-refractivity contribution in [1.82, 2.24) is 20.2 Å². The normalized spacial score (nSPS) is 17.2. The molecule has 0 aliphatic carbocycles. The van der Waals surface area contributed by atoms with Crippen LogP contribution in [0.4, 0.5) is 5.69 Å². The lowest BCUT2D eigenvalue weighted by atomic mass is 9.90. The highest BCUT2D eigenvalue weighted by molar-refractivity contribution is 5.98. The Morgan fingerprint density at radius 3 is 2.86 bits per heavy atom. The first kappa shape index (κ1) is 14.6. The van der Waals surface area contributed by atoms with Gasteiger partial charge >= 0.3 is 0 Å². The number of nitrogens with zero attached hydrogens (tertiary/aromatic N) is 4. The van der Waals surface area contributed by atoms with E-state index in [1.807, 2.05) is 31.2 Å². The van der Waals surface area contributed by atoms with Crippen molar-refractivity contribution in [1.29, 1.82) is 0 Å². The Balaban J connectivity index is 1.78. The number of aromatic nitrogens is 4. The first-order valence-electron chi connectivity index (χ1n) is 7.12. The molecule has 8 heteroatoms. The monoisotopic (exact) mass is 302 g/mol. The summed E-state index contributed by atoms with van der Waals surface area (Å²) in [5, 5.41) is 14.2. The molecule has 0 radical (unpaired) electrons. The molecule has 1 aromatic heterocycles. The number of amides is 1. The molecule has 116 valence electrons. The SMILES string of the molecule is Cc1nnnn1-c1cccc(NC(=O)C2(N)CCOCC2)c1. The minimum absolute atomic E-state index is 0.193. The third kappa shape index (κ3) is 2.83. The number of benzene rings is 1. The van der Waals surface area contributed by atoms with Crippen molar-refractivity contribution in [3.63, 3.8) is 0 Å². The molecule has 2 aromatic rings. The van der Waals surface area contributed by atoms with Gasteiger partial charge in [0, 0.05) is 18.9 Å². The van der Waals surface area contributed by atoms with Gasteiger partial charge in [0.1, 0.15) is 5.54 Å². The maximum absolute atomic E-state index is 12.4. The number of anilines is 1. The number of rotatable bonds is 3. The fourth-order valence-electron chi connectivity index (χ4n) is 2.40. The van der Waals surface area contributed by atoms with E-state index in [1.165, 1.54) is 0 Å². The molecule has 1 saturated heterocycles. The quantitative estimate of drug-likeness (QED) is 0.850. The standard InChI is InChI=1S/C14H18N6O2/c1-10-17-18-19-20(10)12-4-2-3-11(9-12)16-13(21)14(15)5-7-22-8-6-14/h2-4,9H,5-8,15H2,1H3,(H,16,21). The molecule has 8 nitrogen and oxygen atoms in total. The Morgan fingerprint density at radius 1 is 1.41 bits per heavy atom. The molecule has 0 bridgehead atoms. The highest BCUT2D eigenvalue weighted by Crippen LogP contribution is 2.21. The van der Waals surface area contributed by atoms with E-state index in [2.05, 4.69) is 20.8 Å². The molecule has 0 unspecified atom stereocenters. The first-order valence-corrected chi connectivity index (χ1v) is 7.12. The summed E-state index contributed by atoms with van der Waals surface area (Å²) in [4.78, 5) is 12.4. The molecule has 1 amide bonds. The maximum atomic E-state index is 12.4. The number of hydrogen-bond donors (Lipinski definition) is 2. The second kappa shape index (κ2) is 5.82. The second-order valence-electron chi connectivity index (χ2n) is 5.41. The summed E-state index contributed by atoms with van der Waals surface area (Å²) < 4.78 is 6.86. The molecule has 1 aliphatic heterocycles. The minimum Gasteiger partial charge on any atom is -0.381 e. The van der Waals surface area contributed by atoms with Crippen LogP contribution in [0.25, 0.3) is 5.69 Å². The zero-order valence-corrected chi connectivity index (χ0v) is 12.3. The van der Waals surface area contributed by atoms with Crippen LogP contribution in [0, 0.1) is 6.92 Å². The summed E-state index contributed by atoms with van der Waals surface area (Å²) in [7, 11) is 0. The number of nitrogens with one attached hydrogen (secondary N) is 1. The summed E-state index contributed by atoms with van der Waals surface area (Å²) in [6.07, 6.45) is 1.04. The van der Waals surface area contributed by atoms with Crippen LogP contribution in [0.1, 0.15) is 18.7 Å². The van der Waals surface area contributed by atoms with E-state index in [0.717, 1.165) is 5.69 Å². The summed E-state index contributed by atoms with van der Waals surface area (Å²) in [6, 6.07) is 7.32. The van der Waals surface area contributed by atoms with Crippen molar-refractivity contribution in [2.24, 2.45) is 5.73 Å². The Kier molecular flexibility index (Phi) is 3.86. The molecule has 3 rings (SSSR count). The van der Waals surface area contributed by atoms with Crippen LogP contribution >= 0.6 is 0 Å². The molecular formula is C14H18N6O2. The molecule has 0 atom stereocenters. The van der Waals surface area contributed by atoms with Gasteiger partial charge in [0.25, 0.3) is 0 Å². The number of carbonyl (C=O) groups is 1. The smallest absolute Gasteiger partial charge is 0.244 e. The van der Waals surface area contributed by atoms with Crippen LogP contribution in [0.5, 0.6) is 0 Å². The van der Waals surface area contributed by atoms with Gasteiger partial charge in [0.2, 0.25) is 5.91 Å². The number of nitrogens with two attached hydrogens (primary N) is 1. The first-order chi connectivity index (χ1) is 10.6. The van der Waals surface area contributed by atoms with Crippen molar-refractivity contribution in [3.8, 4) is 5.69 Å². The van der Waals surface area contributed by atoms with E-state index in [4.69, 9.17) is 10.5 Å². The summed E-state index contributed by atoms with van der Waals surface area (Å²) in [5.74, 6) is 0.476. The summed E-state index contributed by atoms with van der Waals surface area (Å²) >= 11 is 0. The van der Waals surface area contributed by atoms with Crippen LogP contribution in [-0.2, 0) is 9.53 Å². The molecular weight excluding hydrogens is 284 g/mol. The Morgan fingerprint density at radius 2 is 2.18 bits per heavy atom. The lowest BCUT2D eigenvalue weighted by Gasteiger charge is -2.31. The number of tetrazole rings is 1. The molecule has 0 saturated carbocycles. The van der Waals surface area contributed by atoms with Crippen LogP contribution < -0.4 is 11.1 Å². The van der Waals surface area contributed by atoms with Crippen LogP contribution in [0.2, 0.25) is 0 Å². The Hall–Kier alpha value is -2.32. The number of hydrogen-bond acceptors (Lipinski definition) is 6. The van der Waals surface area contributed by atoms with Crippen molar-refractivity contribution in [2.75, 3.05) is 18.5 Å². The van der Waals surface area contributed by atoms with Gasteiger partial charge in [-0.2, -0.15) is 4.68 Å². The third-order valence-corrected chi connectivity index (χ3v) is 3.81. The van der Waals surface area contributed by atoms with Crippen molar-refractivity contribution in [2.45, 2.75) is 25.3 Å². The predicted molar refractivity (Wildman–Crippen MR) is 79.5 cm³/mol. The van der Waals surface area contributed by atoms with Gasteiger partial charge in [-0.1, -0.05) is 6.07 Å². The van der Waals surface area contributed by atoms with Gasteiger partial charge in [0.15, 0.2) is 5.82 Å². The maximum Gasteiger partial charge on any atom is 0.244 e. The van der Waals surface area contributed by atoms with E-state index in [0.29, 0.717) is 37.6 Å². The molecule has 0 spiro atoms. The third-order valence-electron chi connectivity index (χ3n) is 3.81. The largest absolute Gasteiger partial charge is 0.381 e. The van der Waals surface area contributed by atoms with Crippen LogP contribution in [-0.4, -0.2) is 44.9 Å².